The highest BCUT2D eigenvalue weighted by atomic mass is 32.2. The molecule has 3 aliphatic rings. The number of fused-ring (bicyclic) bond motifs is 2. The van der Waals surface area contributed by atoms with Crippen molar-refractivity contribution in [1.82, 2.24) is 5.32 Å². The number of hydrogen-bond acceptors (Lipinski definition) is 4. The molecule has 1 saturated carbocycles. The van der Waals surface area contributed by atoms with Crippen LogP contribution >= 0.6 is 11.8 Å². The van der Waals surface area contributed by atoms with E-state index < -0.39 is 11.7 Å². The Bertz CT molecular complexity index is 1080. The van der Waals surface area contributed by atoms with Crippen molar-refractivity contribution in [1.29, 1.82) is 0 Å². The van der Waals surface area contributed by atoms with Gasteiger partial charge < -0.3 is 15.5 Å². The molecule has 182 valence electrons. The minimum atomic E-state index is -4.47. The molecule has 2 aliphatic heterocycles. The topological polar surface area (TPSA) is 44.4 Å². The zero-order valence-corrected chi connectivity index (χ0v) is 20.1. The number of amides is 1. The average Bonchev–Trinajstić information content (AvgIpc) is 2.82. The molecule has 0 bridgehead atoms. The molecule has 5 rings (SSSR count). The molecule has 34 heavy (non-hydrogen) atoms. The Morgan fingerprint density at radius 3 is 2.65 bits per heavy atom. The SMILES string of the molecule is CC1CCCC(C(=O)Nc2cc(C(F)(F)F)cc3c2Cc2ccc(N4CCNCC4)cc2S3)C1. The number of alkyl halides is 3. The van der Waals surface area contributed by atoms with Crippen molar-refractivity contribution in [2.24, 2.45) is 11.8 Å². The molecule has 8 heteroatoms. The molecule has 2 N–H and O–H groups in total. The second kappa shape index (κ2) is 9.46. The van der Waals surface area contributed by atoms with Crippen LogP contribution in [-0.2, 0) is 17.4 Å². The van der Waals surface area contributed by atoms with Crippen LogP contribution in [0.1, 0.15) is 49.3 Å². The van der Waals surface area contributed by atoms with E-state index in [0.29, 0.717) is 22.9 Å². The first-order valence-electron chi connectivity index (χ1n) is 12.1. The lowest BCUT2D eigenvalue weighted by molar-refractivity contribution is -0.137. The Labute approximate surface area is 202 Å². The molecule has 2 atom stereocenters. The lowest BCUT2D eigenvalue weighted by atomic mass is 9.82. The summed E-state index contributed by atoms with van der Waals surface area (Å²) in [6.07, 6.45) is -0.292. The van der Waals surface area contributed by atoms with Gasteiger partial charge in [-0.15, -0.1) is 0 Å². The fraction of sp³-hybridized carbons (Fsp3) is 0.500. The van der Waals surface area contributed by atoms with E-state index in [1.165, 1.54) is 17.8 Å². The van der Waals surface area contributed by atoms with Gasteiger partial charge in [0, 0.05) is 59.7 Å². The van der Waals surface area contributed by atoms with Crippen LogP contribution < -0.4 is 15.5 Å². The van der Waals surface area contributed by atoms with Crippen LogP contribution in [0.3, 0.4) is 0 Å². The van der Waals surface area contributed by atoms with Crippen molar-refractivity contribution in [3.8, 4) is 0 Å². The third-order valence-electron chi connectivity index (χ3n) is 7.22. The molecule has 0 spiro atoms. The summed E-state index contributed by atoms with van der Waals surface area (Å²) in [7, 11) is 0. The fourth-order valence-electron chi connectivity index (χ4n) is 5.31. The molecule has 0 radical (unpaired) electrons. The van der Waals surface area contributed by atoms with Crippen LogP contribution in [0.4, 0.5) is 24.5 Å². The predicted molar refractivity (Wildman–Crippen MR) is 130 cm³/mol. The lowest BCUT2D eigenvalue weighted by Gasteiger charge is -2.31. The van der Waals surface area contributed by atoms with Crippen LogP contribution in [0.5, 0.6) is 0 Å². The first-order chi connectivity index (χ1) is 16.3. The number of piperazine rings is 1. The Hall–Kier alpha value is -2.19. The Balaban J connectivity index is 1.45. The van der Waals surface area contributed by atoms with Gasteiger partial charge in [-0.25, -0.2) is 0 Å². The highest BCUT2D eigenvalue weighted by Gasteiger charge is 2.34. The minimum absolute atomic E-state index is 0.140. The summed E-state index contributed by atoms with van der Waals surface area (Å²) in [6.45, 7) is 5.80. The van der Waals surface area contributed by atoms with Crippen LogP contribution in [0.2, 0.25) is 0 Å². The summed E-state index contributed by atoms with van der Waals surface area (Å²) in [5.41, 5.74) is 2.55. The number of halogens is 3. The third kappa shape index (κ3) is 4.93. The van der Waals surface area contributed by atoms with E-state index in [0.717, 1.165) is 79.6 Å². The zero-order chi connectivity index (χ0) is 23.9. The second-order valence-electron chi connectivity index (χ2n) is 9.76. The van der Waals surface area contributed by atoms with E-state index in [1.54, 1.807) is 0 Å². The number of nitrogens with one attached hydrogen (secondary N) is 2. The average molecular weight is 490 g/mol. The van der Waals surface area contributed by atoms with Crippen molar-refractivity contribution < 1.29 is 18.0 Å². The number of carbonyl (C=O) groups is 1. The fourth-order valence-corrected chi connectivity index (χ4v) is 6.49. The molecule has 1 saturated heterocycles. The summed E-state index contributed by atoms with van der Waals surface area (Å²) in [5.74, 6) is 0.171. The zero-order valence-electron chi connectivity index (χ0n) is 19.3. The predicted octanol–water partition coefficient (Wildman–Crippen LogP) is 5.94. The first-order valence-corrected chi connectivity index (χ1v) is 12.9. The van der Waals surface area contributed by atoms with E-state index in [2.05, 4.69) is 40.7 Å². The quantitative estimate of drug-likeness (QED) is 0.478. The normalized spacial score (nSPS) is 22.6. The third-order valence-corrected chi connectivity index (χ3v) is 8.41. The Kier molecular flexibility index (Phi) is 6.55. The van der Waals surface area contributed by atoms with Gasteiger partial charge in [0.1, 0.15) is 0 Å². The standard InChI is InChI=1S/C26H30F3N3OS/c1-16-3-2-4-18(11-16)25(33)31-22-13-19(26(27,28)29)14-24-21(22)12-17-5-6-20(15-23(17)34-24)32-9-7-30-8-10-32/h5-6,13-16,18,30H,2-4,7-12H2,1H3,(H,31,33). The molecule has 1 amide bonds. The van der Waals surface area contributed by atoms with Gasteiger partial charge in [-0.05, 0) is 54.2 Å². The molecule has 2 fully saturated rings. The van der Waals surface area contributed by atoms with Gasteiger partial charge in [-0.2, -0.15) is 13.2 Å². The van der Waals surface area contributed by atoms with Gasteiger partial charge in [0.05, 0.1) is 5.56 Å². The number of carbonyl (C=O) groups excluding carboxylic acids is 1. The molecule has 1 aliphatic carbocycles. The van der Waals surface area contributed by atoms with Gasteiger partial charge in [0.2, 0.25) is 5.91 Å². The van der Waals surface area contributed by atoms with Gasteiger partial charge in [0.15, 0.2) is 0 Å². The van der Waals surface area contributed by atoms with E-state index in [1.807, 2.05) is 0 Å². The molecule has 0 aromatic heterocycles. The number of rotatable bonds is 3. The van der Waals surface area contributed by atoms with E-state index in [9.17, 15) is 18.0 Å². The number of nitrogens with zero attached hydrogens (tertiary/aromatic N) is 1. The summed E-state index contributed by atoms with van der Waals surface area (Å²) in [5, 5.41) is 6.24. The van der Waals surface area contributed by atoms with E-state index in [-0.39, 0.29) is 11.8 Å². The molecule has 2 aromatic carbocycles. The molecular weight excluding hydrogens is 459 g/mol. The molecule has 2 aromatic rings. The highest BCUT2D eigenvalue weighted by Crippen LogP contribution is 2.46. The van der Waals surface area contributed by atoms with Crippen molar-refractivity contribution in [3.63, 3.8) is 0 Å². The monoisotopic (exact) mass is 489 g/mol. The van der Waals surface area contributed by atoms with E-state index in [4.69, 9.17) is 0 Å². The van der Waals surface area contributed by atoms with Crippen LogP contribution in [0.15, 0.2) is 40.1 Å². The maximum Gasteiger partial charge on any atom is 0.416 e. The maximum absolute atomic E-state index is 13.7. The lowest BCUT2D eigenvalue weighted by Crippen LogP contribution is -2.43. The van der Waals surface area contributed by atoms with Gasteiger partial charge in [-0.3, -0.25) is 4.79 Å². The van der Waals surface area contributed by atoms with Crippen LogP contribution in [0, 0.1) is 11.8 Å². The second-order valence-corrected chi connectivity index (χ2v) is 10.8. The Morgan fingerprint density at radius 2 is 1.91 bits per heavy atom. The number of benzene rings is 2. The maximum atomic E-state index is 13.7. The van der Waals surface area contributed by atoms with Crippen LogP contribution in [0.25, 0.3) is 0 Å². The minimum Gasteiger partial charge on any atom is -0.369 e. The van der Waals surface area contributed by atoms with E-state index >= 15 is 0 Å². The van der Waals surface area contributed by atoms with Crippen molar-refractivity contribution in [3.05, 3.63) is 47.0 Å². The Morgan fingerprint density at radius 1 is 1.12 bits per heavy atom. The van der Waals surface area contributed by atoms with Gasteiger partial charge in [-0.1, -0.05) is 37.6 Å². The summed E-state index contributed by atoms with van der Waals surface area (Å²) in [6, 6.07) is 8.62. The summed E-state index contributed by atoms with van der Waals surface area (Å²) < 4.78 is 41.2. The van der Waals surface area contributed by atoms with Gasteiger partial charge >= 0.3 is 6.18 Å². The number of hydrogen-bond donors (Lipinski definition) is 2. The molecule has 4 nitrogen and oxygen atoms in total. The van der Waals surface area contributed by atoms with Crippen LogP contribution in [-0.4, -0.2) is 32.1 Å². The van der Waals surface area contributed by atoms with Gasteiger partial charge in [0.25, 0.3) is 0 Å². The molecule has 2 unspecified atom stereocenters. The van der Waals surface area contributed by atoms with Crippen molar-refractivity contribution in [2.75, 3.05) is 36.4 Å². The summed E-state index contributed by atoms with van der Waals surface area (Å²) in [4.78, 5) is 16.9. The van der Waals surface area contributed by atoms with Crippen molar-refractivity contribution in [2.45, 2.75) is 55.0 Å². The highest BCUT2D eigenvalue weighted by molar-refractivity contribution is 7.99. The molecular formula is C26H30F3N3OS. The first kappa shape index (κ1) is 23.5. The number of anilines is 2. The van der Waals surface area contributed by atoms with Crippen molar-refractivity contribution >= 4 is 29.0 Å². The largest absolute Gasteiger partial charge is 0.416 e. The molecule has 2 heterocycles. The smallest absolute Gasteiger partial charge is 0.369 e. The summed E-state index contributed by atoms with van der Waals surface area (Å²) >= 11 is 1.37.